The molecule has 1 N–H and O–H groups in total. The predicted molar refractivity (Wildman–Crippen MR) is 78.3 cm³/mol. The lowest BCUT2D eigenvalue weighted by molar-refractivity contribution is -0.114. The summed E-state index contributed by atoms with van der Waals surface area (Å²) in [6, 6.07) is 14.8. The van der Waals surface area contributed by atoms with Crippen molar-refractivity contribution in [3.63, 3.8) is 0 Å². The van der Waals surface area contributed by atoms with Gasteiger partial charge in [0.25, 0.3) is 0 Å². The second kappa shape index (κ2) is 4.54. The van der Waals surface area contributed by atoms with Crippen LogP contribution >= 0.6 is 0 Å². The topological polar surface area (TPSA) is 29.1 Å². The Morgan fingerprint density at radius 3 is 2.58 bits per heavy atom. The van der Waals surface area contributed by atoms with Crippen LogP contribution in [0.5, 0.6) is 0 Å². The molecule has 0 bridgehead atoms. The van der Waals surface area contributed by atoms with Crippen molar-refractivity contribution in [2.24, 2.45) is 0 Å². The minimum atomic E-state index is -0.0245. The molecule has 0 heterocycles. The Bertz CT molecular complexity index is 645. The van der Waals surface area contributed by atoms with Crippen molar-refractivity contribution < 1.29 is 4.79 Å². The van der Waals surface area contributed by atoms with Crippen molar-refractivity contribution in [3.05, 3.63) is 53.6 Å². The standard InChI is InChI=1S/C17H17NO/c1-3-13-14-6-4-5-7-15(14)16-9-8-12(10-17(13)16)18-11(2)19/h4-10,13H,3H2,1-2H3,(H,18,19). The predicted octanol–water partition coefficient (Wildman–Crippen LogP) is 4.17. The Morgan fingerprint density at radius 1 is 1.11 bits per heavy atom. The number of fused-ring (bicyclic) bond motifs is 3. The summed E-state index contributed by atoms with van der Waals surface area (Å²) in [5.74, 6) is 0.420. The van der Waals surface area contributed by atoms with Crippen LogP contribution < -0.4 is 5.32 Å². The van der Waals surface area contributed by atoms with Crippen LogP contribution in [0.25, 0.3) is 11.1 Å². The Balaban J connectivity index is 2.12. The number of hydrogen-bond donors (Lipinski definition) is 1. The first-order chi connectivity index (χ1) is 9.20. The van der Waals surface area contributed by atoms with Crippen LogP contribution in [-0.2, 0) is 4.79 Å². The van der Waals surface area contributed by atoms with Crippen LogP contribution in [0, 0.1) is 0 Å². The van der Waals surface area contributed by atoms with Crippen LogP contribution in [0.1, 0.15) is 37.3 Å². The average molecular weight is 251 g/mol. The fourth-order valence-corrected chi connectivity index (χ4v) is 3.03. The summed E-state index contributed by atoms with van der Waals surface area (Å²) >= 11 is 0. The normalized spacial score (nSPS) is 15.8. The molecular weight excluding hydrogens is 234 g/mol. The van der Waals surface area contributed by atoms with Crippen LogP contribution in [0.15, 0.2) is 42.5 Å². The van der Waals surface area contributed by atoms with Crippen molar-refractivity contribution in [2.75, 3.05) is 5.32 Å². The third-order valence-corrected chi connectivity index (χ3v) is 3.78. The van der Waals surface area contributed by atoms with Crippen LogP contribution in [0.3, 0.4) is 0 Å². The van der Waals surface area contributed by atoms with E-state index in [2.05, 4.69) is 48.6 Å². The zero-order chi connectivity index (χ0) is 13.4. The van der Waals surface area contributed by atoms with Crippen LogP contribution in [0.2, 0.25) is 0 Å². The molecular formula is C17H17NO. The first-order valence-electron chi connectivity index (χ1n) is 6.71. The second-order valence-electron chi connectivity index (χ2n) is 5.03. The number of amides is 1. The highest BCUT2D eigenvalue weighted by atomic mass is 16.1. The van der Waals surface area contributed by atoms with Crippen molar-refractivity contribution in [1.29, 1.82) is 0 Å². The van der Waals surface area contributed by atoms with Gasteiger partial charge in [-0.15, -0.1) is 0 Å². The van der Waals surface area contributed by atoms with Gasteiger partial charge >= 0.3 is 0 Å². The number of rotatable bonds is 2. The molecule has 1 aliphatic rings. The van der Waals surface area contributed by atoms with E-state index in [1.165, 1.54) is 22.3 Å². The van der Waals surface area contributed by atoms with Gasteiger partial charge < -0.3 is 5.32 Å². The zero-order valence-electron chi connectivity index (χ0n) is 11.2. The summed E-state index contributed by atoms with van der Waals surface area (Å²) in [5.41, 5.74) is 6.25. The highest BCUT2D eigenvalue weighted by Gasteiger charge is 2.27. The highest BCUT2D eigenvalue weighted by molar-refractivity contribution is 5.90. The lowest BCUT2D eigenvalue weighted by Crippen LogP contribution is -2.06. The van der Waals surface area contributed by atoms with Gasteiger partial charge in [0.15, 0.2) is 0 Å². The summed E-state index contributed by atoms with van der Waals surface area (Å²) in [6.07, 6.45) is 1.08. The van der Waals surface area contributed by atoms with E-state index in [1.807, 2.05) is 6.07 Å². The Hall–Kier alpha value is -2.09. The average Bonchev–Trinajstić information content (AvgIpc) is 2.71. The van der Waals surface area contributed by atoms with Crippen molar-refractivity contribution in [3.8, 4) is 11.1 Å². The first kappa shape index (κ1) is 12.0. The van der Waals surface area contributed by atoms with E-state index in [4.69, 9.17) is 0 Å². The number of carbonyl (C=O) groups is 1. The van der Waals surface area contributed by atoms with E-state index in [0.717, 1.165) is 12.1 Å². The van der Waals surface area contributed by atoms with E-state index in [0.29, 0.717) is 5.92 Å². The van der Waals surface area contributed by atoms with Gasteiger partial charge in [0.1, 0.15) is 0 Å². The summed E-state index contributed by atoms with van der Waals surface area (Å²) in [7, 11) is 0. The number of benzene rings is 2. The molecule has 1 amide bonds. The molecule has 3 rings (SSSR count). The Morgan fingerprint density at radius 2 is 1.84 bits per heavy atom. The van der Waals surface area contributed by atoms with Crippen molar-refractivity contribution in [2.45, 2.75) is 26.2 Å². The number of carbonyl (C=O) groups excluding carboxylic acids is 1. The van der Waals surface area contributed by atoms with Gasteiger partial charge in [0.2, 0.25) is 5.91 Å². The van der Waals surface area contributed by atoms with E-state index < -0.39 is 0 Å². The van der Waals surface area contributed by atoms with Gasteiger partial charge in [-0.2, -0.15) is 0 Å². The number of nitrogens with one attached hydrogen (secondary N) is 1. The molecule has 19 heavy (non-hydrogen) atoms. The minimum absolute atomic E-state index is 0.0245. The van der Waals surface area contributed by atoms with Gasteiger partial charge in [-0.25, -0.2) is 0 Å². The summed E-state index contributed by atoms with van der Waals surface area (Å²) in [4.78, 5) is 11.2. The molecule has 0 aromatic heterocycles. The number of hydrogen-bond acceptors (Lipinski definition) is 1. The van der Waals surface area contributed by atoms with Crippen molar-refractivity contribution >= 4 is 11.6 Å². The van der Waals surface area contributed by atoms with E-state index in [9.17, 15) is 4.79 Å². The molecule has 0 fully saturated rings. The van der Waals surface area contributed by atoms with E-state index >= 15 is 0 Å². The molecule has 0 spiro atoms. The quantitative estimate of drug-likeness (QED) is 0.852. The maximum atomic E-state index is 11.2. The fraction of sp³-hybridized carbons (Fsp3) is 0.235. The molecule has 0 saturated heterocycles. The molecule has 1 unspecified atom stereocenters. The SMILES string of the molecule is CCC1c2ccccc2-c2ccc(NC(C)=O)cc21. The summed E-state index contributed by atoms with van der Waals surface area (Å²) in [6.45, 7) is 3.75. The van der Waals surface area contributed by atoms with Crippen molar-refractivity contribution in [1.82, 2.24) is 0 Å². The van der Waals surface area contributed by atoms with E-state index in [1.54, 1.807) is 6.92 Å². The maximum Gasteiger partial charge on any atom is 0.221 e. The molecule has 2 nitrogen and oxygen atoms in total. The summed E-state index contributed by atoms with van der Waals surface area (Å²) < 4.78 is 0. The lowest BCUT2D eigenvalue weighted by atomic mass is 9.94. The molecule has 0 radical (unpaired) electrons. The molecule has 0 aliphatic heterocycles. The second-order valence-corrected chi connectivity index (χ2v) is 5.03. The van der Waals surface area contributed by atoms with Crippen LogP contribution in [-0.4, -0.2) is 5.91 Å². The third kappa shape index (κ3) is 1.93. The Labute approximate surface area is 113 Å². The highest BCUT2D eigenvalue weighted by Crippen LogP contribution is 2.46. The minimum Gasteiger partial charge on any atom is -0.326 e. The van der Waals surface area contributed by atoms with Crippen LogP contribution in [0.4, 0.5) is 5.69 Å². The smallest absolute Gasteiger partial charge is 0.221 e. The third-order valence-electron chi connectivity index (χ3n) is 3.78. The maximum absolute atomic E-state index is 11.2. The molecule has 1 aliphatic carbocycles. The van der Waals surface area contributed by atoms with Gasteiger partial charge in [-0.3, -0.25) is 4.79 Å². The zero-order valence-corrected chi connectivity index (χ0v) is 11.2. The largest absolute Gasteiger partial charge is 0.326 e. The van der Waals surface area contributed by atoms with E-state index in [-0.39, 0.29) is 5.91 Å². The molecule has 0 saturated carbocycles. The molecule has 2 aromatic rings. The molecule has 1 atom stereocenters. The van der Waals surface area contributed by atoms with Gasteiger partial charge in [0, 0.05) is 18.5 Å². The number of anilines is 1. The fourth-order valence-electron chi connectivity index (χ4n) is 3.03. The first-order valence-corrected chi connectivity index (χ1v) is 6.71. The van der Waals surface area contributed by atoms with Gasteiger partial charge in [-0.1, -0.05) is 37.3 Å². The monoisotopic (exact) mass is 251 g/mol. The van der Waals surface area contributed by atoms with Gasteiger partial charge in [-0.05, 0) is 40.8 Å². The van der Waals surface area contributed by atoms with Gasteiger partial charge in [0.05, 0.1) is 0 Å². The lowest BCUT2D eigenvalue weighted by Gasteiger charge is -2.11. The molecule has 2 aromatic carbocycles. The molecule has 96 valence electrons. The molecule has 2 heteroatoms. The summed E-state index contributed by atoms with van der Waals surface area (Å²) in [5, 5.41) is 2.87. The Kier molecular flexibility index (Phi) is 2.86.